The summed E-state index contributed by atoms with van der Waals surface area (Å²) in [4.78, 5) is 0. The first-order chi connectivity index (χ1) is 13.7. The zero-order valence-electron chi connectivity index (χ0n) is 25.3. The number of hydrogen-bond acceptors (Lipinski definition) is 1. The van der Waals surface area contributed by atoms with Gasteiger partial charge < -0.3 is 35.4 Å². The van der Waals surface area contributed by atoms with Crippen molar-refractivity contribution in [3.8, 4) is 0 Å². The molecule has 0 aromatic heterocycles. The third kappa shape index (κ3) is 16.8. The fourth-order valence-corrected chi connectivity index (χ4v) is 5.91. The van der Waals surface area contributed by atoms with Crippen LogP contribution in [-0.4, -0.2) is 60.7 Å². The van der Waals surface area contributed by atoms with Gasteiger partial charge in [-0.25, -0.2) is 4.42 Å². The first-order valence-electron chi connectivity index (χ1n) is 12.6. The van der Waals surface area contributed by atoms with Crippen molar-refractivity contribution in [3.05, 3.63) is 10.6 Å². The van der Waals surface area contributed by atoms with E-state index < -0.39 is 0 Å². The Morgan fingerprint density at radius 3 is 0.829 bits per heavy atom. The van der Waals surface area contributed by atoms with Crippen LogP contribution in [0.5, 0.6) is 0 Å². The number of piperidine rings is 3. The predicted octanol–water partition coefficient (Wildman–Crippen LogP) is 3.01. The van der Waals surface area contributed by atoms with Crippen molar-refractivity contribution >= 4 is 34.8 Å². The maximum absolute atomic E-state index is 6.23. The van der Waals surface area contributed by atoms with E-state index in [1.165, 1.54) is 57.8 Å². The molecule has 3 fully saturated rings. The molecule has 3 aliphatic rings. The maximum atomic E-state index is 6.23. The van der Waals surface area contributed by atoms with Crippen LogP contribution in [0.2, 0.25) is 0 Å². The van der Waals surface area contributed by atoms with Gasteiger partial charge in [-0.1, -0.05) is 93.9 Å². The Hall–Kier alpha value is 2.14. The summed E-state index contributed by atoms with van der Waals surface area (Å²) >= 11 is 6.23. The van der Waals surface area contributed by atoms with Gasteiger partial charge in [0.1, 0.15) is 0 Å². The van der Waals surface area contributed by atoms with Crippen molar-refractivity contribution in [1.29, 1.82) is 0 Å². The van der Waals surface area contributed by atoms with Crippen LogP contribution in [0.15, 0.2) is 0 Å². The minimum atomic E-state index is 0. The van der Waals surface area contributed by atoms with Gasteiger partial charge >= 0.3 is 42.5 Å². The fourth-order valence-electron chi connectivity index (χ4n) is 5.74. The molecule has 0 amide bonds. The Bertz CT molecular complexity index is 506. The van der Waals surface area contributed by atoms with E-state index in [2.05, 4.69) is 83.1 Å². The second kappa shape index (κ2) is 16.4. The number of halogens is 3. The molecule has 3 saturated heterocycles. The molecule has 0 aromatic carbocycles. The molecule has 0 unspecified atom stereocenters. The first-order valence-corrected chi connectivity index (χ1v) is 13.0. The number of nitrogens with zero attached hydrogens (tertiary/aromatic N) is 3. The quantitative estimate of drug-likeness (QED) is 0.304. The third-order valence-electron chi connectivity index (χ3n) is 7.01. The van der Waals surface area contributed by atoms with Crippen molar-refractivity contribution in [2.24, 2.45) is 0 Å². The van der Waals surface area contributed by atoms with Crippen molar-refractivity contribution in [3.63, 3.8) is 0 Å². The summed E-state index contributed by atoms with van der Waals surface area (Å²) in [6, 6.07) is 0. The van der Waals surface area contributed by atoms with Gasteiger partial charge in [0.2, 0.25) is 0 Å². The number of hydrogen-bond donors (Lipinski definition) is 0. The second-order valence-electron chi connectivity index (χ2n) is 13.9. The molecule has 3 aliphatic heterocycles. The Labute approximate surface area is 266 Å². The molecule has 35 heavy (non-hydrogen) atoms. The summed E-state index contributed by atoms with van der Waals surface area (Å²) in [5, 5.41) is 9.49. The Kier molecular flexibility index (Phi) is 20.7. The van der Waals surface area contributed by atoms with E-state index in [-0.39, 0.29) is 101 Å². The molecule has 0 spiro atoms. The summed E-state index contributed by atoms with van der Waals surface area (Å²) in [6.45, 7) is 26.7. The SMILES string of the molecule is CC1(C)CCCC(C)(C)N1Cl.CC1(C)CCCC(C)(C)[N-]1.CC1(C)CCCC(C)(C)[N-]1.[Cl-].[Cl-].[Mg+2].[Zn+2]. The minimum absolute atomic E-state index is 0. The van der Waals surface area contributed by atoms with E-state index >= 15 is 0 Å². The first kappa shape index (κ1) is 44.2. The molecule has 3 rings (SSSR count). The van der Waals surface area contributed by atoms with E-state index in [0.717, 1.165) is 0 Å². The van der Waals surface area contributed by atoms with Gasteiger partial charge in [-0.2, -0.15) is 0 Å². The molecule has 3 heterocycles. The molecule has 3 nitrogen and oxygen atoms in total. The molecular formula is C27H54Cl3MgN3Zn. The van der Waals surface area contributed by atoms with Crippen LogP contribution in [-0.2, 0) is 19.5 Å². The normalized spacial score (nSPS) is 26.7. The standard InChI is InChI=1S/C9H18ClN.2C9H18N.2ClH.Mg.Zn/c1-8(2)6-5-7-9(3,4)11(8)10;2*1-8(2)6-5-7-9(3,4)10-8;;;;/h5-7H2,1-4H3;2*5-7H2,1-4H3;2*1H;;/q;2*-1;;;2*+2/p-2. The van der Waals surface area contributed by atoms with Crippen molar-refractivity contribution < 1.29 is 44.3 Å². The van der Waals surface area contributed by atoms with E-state index in [1.54, 1.807) is 0 Å². The molecule has 202 valence electrons. The van der Waals surface area contributed by atoms with Crippen molar-refractivity contribution in [2.75, 3.05) is 0 Å². The van der Waals surface area contributed by atoms with E-state index in [4.69, 9.17) is 22.4 Å². The van der Waals surface area contributed by atoms with E-state index in [0.29, 0.717) is 0 Å². The van der Waals surface area contributed by atoms with Crippen LogP contribution in [0.1, 0.15) is 141 Å². The van der Waals surface area contributed by atoms with Crippen LogP contribution in [0.3, 0.4) is 0 Å². The van der Waals surface area contributed by atoms with Gasteiger partial charge in [-0.05, 0) is 58.7 Å². The Morgan fingerprint density at radius 1 is 0.486 bits per heavy atom. The number of rotatable bonds is 0. The van der Waals surface area contributed by atoms with Crippen LogP contribution in [0, 0.1) is 0 Å². The van der Waals surface area contributed by atoms with E-state index in [9.17, 15) is 0 Å². The molecule has 0 radical (unpaired) electrons. The Balaban J connectivity index is -0.000000195. The molecule has 0 bridgehead atoms. The van der Waals surface area contributed by atoms with E-state index in [1.807, 2.05) is 4.42 Å². The maximum Gasteiger partial charge on any atom is 2.00 e. The minimum Gasteiger partial charge on any atom is -1.00 e. The van der Waals surface area contributed by atoms with Crippen LogP contribution in [0.4, 0.5) is 0 Å². The van der Waals surface area contributed by atoms with Crippen molar-refractivity contribution in [2.45, 2.75) is 174 Å². The van der Waals surface area contributed by atoms with Crippen molar-refractivity contribution in [1.82, 2.24) is 4.42 Å². The topological polar surface area (TPSA) is 31.4 Å². The van der Waals surface area contributed by atoms with Gasteiger partial charge in [-0.3, -0.25) is 0 Å². The molecular weight excluding hydrogens is 562 g/mol. The van der Waals surface area contributed by atoms with Crippen LogP contribution >= 0.6 is 11.8 Å². The average Bonchev–Trinajstić information content (AvgIpc) is 2.49. The zero-order chi connectivity index (χ0) is 24.4. The van der Waals surface area contributed by atoms with Crippen LogP contribution < -0.4 is 24.8 Å². The second-order valence-corrected chi connectivity index (χ2v) is 14.3. The van der Waals surface area contributed by atoms with Gasteiger partial charge in [0.05, 0.1) is 0 Å². The predicted molar refractivity (Wildman–Crippen MR) is 146 cm³/mol. The average molecular weight is 617 g/mol. The third-order valence-corrected chi connectivity index (χ3v) is 7.92. The smallest absolute Gasteiger partial charge is 1.00 e. The summed E-state index contributed by atoms with van der Waals surface area (Å²) < 4.78 is 1.99. The van der Waals surface area contributed by atoms with Gasteiger partial charge in [-0.15, -0.1) is 22.2 Å². The summed E-state index contributed by atoms with van der Waals surface area (Å²) in [5.41, 5.74) is 1.29. The Morgan fingerprint density at radius 2 is 0.686 bits per heavy atom. The van der Waals surface area contributed by atoms with Gasteiger partial charge in [0.15, 0.2) is 0 Å². The molecule has 0 aliphatic carbocycles. The fraction of sp³-hybridized carbons (Fsp3) is 1.00. The molecule has 0 aromatic rings. The van der Waals surface area contributed by atoms with Crippen LogP contribution in [0.25, 0.3) is 10.6 Å². The summed E-state index contributed by atoms with van der Waals surface area (Å²) in [6.07, 6.45) is 11.4. The van der Waals surface area contributed by atoms with Gasteiger partial charge in [0.25, 0.3) is 0 Å². The monoisotopic (exact) mass is 613 g/mol. The zero-order valence-corrected chi connectivity index (χ0v) is 31.9. The summed E-state index contributed by atoms with van der Waals surface area (Å²) in [5.74, 6) is 0. The largest absolute Gasteiger partial charge is 2.00 e. The molecule has 8 heteroatoms. The van der Waals surface area contributed by atoms with Gasteiger partial charge in [0, 0.05) is 11.1 Å². The molecule has 0 atom stereocenters. The summed E-state index contributed by atoms with van der Waals surface area (Å²) in [7, 11) is 0. The molecule has 0 saturated carbocycles. The molecule has 0 N–H and O–H groups in total.